The highest BCUT2D eigenvalue weighted by molar-refractivity contribution is 6.01. The van der Waals surface area contributed by atoms with Crippen molar-refractivity contribution in [2.24, 2.45) is 0 Å². The van der Waals surface area contributed by atoms with E-state index < -0.39 is 17.5 Å². The second kappa shape index (κ2) is 6.65. The molecule has 1 amide bonds. The summed E-state index contributed by atoms with van der Waals surface area (Å²) in [7, 11) is 1.57. The number of rotatable bonds is 4. The van der Waals surface area contributed by atoms with E-state index in [1.165, 1.54) is 6.08 Å². The zero-order valence-electron chi connectivity index (χ0n) is 11.3. The topological polar surface area (TPSA) is 38.3 Å². The van der Waals surface area contributed by atoms with E-state index in [-0.39, 0.29) is 5.69 Å². The van der Waals surface area contributed by atoms with Gasteiger partial charge in [-0.05, 0) is 35.9 Å². The lowest BCUT2D eigenvalue weighted by molar-refractivity contribution is -0.111. The van der Waals surface area contributed by atoms with Crippen LogP contribution in [0.5, 0.6) is 5.75 Å². The van der Waals surface area contributed by atoms with Gasteiger partial charge in [0.1, 0.15) is 17.4 Å². The summed E-state index contributed by atoms with van der Waals surface area (Å²) in [5, 5.41) is 2.39. The zero-order chi connectivity index (χ0) is 15.2. The van der Waals surface area contributed by atoms with Crippen LogP contribution in [0.2, 0.25) is 0 Å². The molecular weight excluding hydrogens is 276 g/mol. The Morgan fingerprint density at radius 2 is 1.71 bits per heavy atom. The second-order valence-electron chi connectivity index (χ2n) is 4.25. The molecule has 0 spiro atoms. The van der Waals surface area contributed by atoms with Crippen LogP contribution in [0.15, 0.2) is 48.5 Å². The van der Waals surface area contributed by atoms with Crippen molar-refractivity contribution < 1.29 is 18.3 Å². The molecule has 1 N–H and O–H groups in total. The van der Waals surface area contributed by atoms with Gasteiger partial charge in [0, 0.05) is 17.8 Å². The molecule has 0 saturated heterocycles. The number of carbonyl (C=O) groups excluding carboxylic acids is 1. The van der Waals surface area contributed by atoms with E-state index in [4.69, 9.17) is 4.74 Å². The van der Waals surface area contributed by atoms with Gasteiger partial charge in [-0.25, -0.2) is 8.78 Å². The van der Waals surface area contributed by atoms with E-state index in [0.717, 1.165) is 23.8 Å². The molecule has 2 aromatic rings. The van der Waals surface area contributed by atoms with Gasteiger partial charge in [0.05, 0.1) is 7.11 Å². The smallest absolute Gasteiger partial charge is 0.248 e. The summed E-state index contributed by atoms with van der Waals surface area (Å²) in [4.78, 5) is 11.7. The van der Waals surface area contributed by atoms with Gasteiger partial charge in [-0.2, -0.15) is 0 Å². The molecule has 0 fully saturated rings. The number of amides is 1. The van der Waals surface area contributed by atoms with Crippen LogP contribution >= 0.6 is 0 Å². The minimum absolute atomic E-state index is 0.0666. The van der Waals surface area contributed by atoms with E-state index in [0.29, 0.717) is 5.75 Å². The van der Waals surface area contributed by atoms with Crippen LogP contribution in [0.4, 0.5) is 14.5 Å². The molecule has 0 aliphatic heterocycles. The Bertz CT molecular complexity index is 646. The van der Waals surface area contributed by atoms with E-state index in [1.807, 2.05) is 0 Å². The number of methoxy groups -OCH3 is 1. The van der Waals surface area contributed by atoms with Gasteiger partial charge in [0.2, 0.25) is 5.91 Å². The largest absolute Gasteiger partial charge is 0.497 e. The fraction of sp³-hybridized carbons (Fsp3) is 0.0625. The molecule has 21 heavy (non-hydrogen) atoms. The van der Waals surface area contributed by atoms with E-state index >= 15 is 0 Å². The van der Waals surface area contributed by atoms with Crippen molar-refractivity contribution in [3.63, 3.8) is 0 Å². The Kier molecular flexibility index (Phi) is 4.66. The molecular formula is C16H13F2NO2. The third-order valence-corrected chi connectivity index (χ3v) is 2.67. The number of benzene rings is 2. The molecule has 2 aromatic carbocycles. The van der Waals surface area contributed by atoms with E-state index in [9.17, 15) is 13.6 Å². The lowest BCUT2D eigenvalue weighted by Gasteiger charge is -2.03. The molecule has 0 saturated carbocycles. The number of hydrogen-bond acceptors (Lipinski definition) is 2. The minimum Gasteiger partial charge on any atom is -0.497 e. The van der Waals surface area contributed by atoms with E-state index in [1.54, 1.807) is 37.5 Å². The van der Waals surface area contributed by atoms with Gasteiger partial charge < -0.3 is 10.1 Å². The SMILES string of the molecule is COc1ccc(/C=C/C(=O)Nc2cc(F)cc(F)c2)cc1. The molecule has 0 bridgehead atoms. The highest BCUT2D eigenvalue weighted by Crippen LogP contribution is 2.14. The van der Waals surface area contributed by atoms with Gasteiger partial charge in [0.25, 0.3) is 0 Å². The first-order valence-electron chi connectivity index (χ1n) is 6.16. The van der Waals surface area contributed by atoms with Crippen molar-refractivity contribution >= 4 is 17.7 Å². The molecule has 2 rings (SSSR count). The van der Waals surface area contributed by atoms with Crippen molar-refractivity contribution in [1.29, 1.82) is 0 Å². The Balaban J connectivity index is 2.01. The summed E-state index contributed by atoms with van der Waals surface area (Å²) in [5.41, 5.74) is 0.869. The van der Waals surface area contributed by atoms with Crippen LogP contribution in [-0.4, -0.2) is 13.0 Å². The van der Waals surface area contributed by atoms with Crippen LogP contribution in [0, 0.1) is 11.6 Å². The molecule has 0 heterocycles. The highest BCUT2D eigenvalue weighted by Gasteiger charge is 2.02. The number of anilines is 1. The predicted molar refractivity (Wildman–Crippen MR) is 77.0 cm³/mol. The lowest BCUT2D eigenvalue weighted by Crippen LogP contribution is -2.08. The standard InChI is InChI=1S/C16H13F2NO2/c1-21-15-5-2-11(3-6-15)4-7-16(20)19-14-9-12(17)8-13(18)10-14/h2-10H,1H3,(H,19,20)/b7-4+. The summed E-state index contributed by atoms with van der Waals surface area (Å²) < 4.78 is 31.0. The number of carbonyl (C=O) groups is 1. The van der Waals surface area contributed by atoms with Gasteiger partial charge in [0.15, 0.2) is 0 Å². The maximum absolute atomic E-state index is 13.0. The first-order chi connectivity index (χ1) is 10.1. The summed E-state index contributed by atoms with van der Waals surface area (Å²) in [6.07, 6.45) is 2.87. The minimum atomic E-state index is -0.746. The van der Waals surface area contributed by atoms with Crippen molar-refractivity contribution in [2.45, 2.75) is 0 Å². The molecule has 0 radical (unpaired) electrons. The van der Waals surface area contributed by atoms with Crippen LogP contribution in [0.3, 0.4) is 0 Å². The van der Waals surface area contributed by atoms with Gasteiger partial charge in [-0.15, -0.1) is 0 Å². The van der Waals surface area contributed by atoms with Crippen molar-refractivity contribution in [3.8, 4) is 5.75 Å². The Morgan fingerprint density at radius 3 is 2.29 bits per heavy atom. The maximum Gasteiger partial charge on any atom is 0.248 e. The molecule has 0 aliphatic rings. The third kappa shape index (κ3) is 4.42. The van der Waals surface area contributed by atoms with Gasteiger partial charge >= 0.3 is 0 Å². The zero-order valence-corrected chi connectivity index (χ0v) is 11.3. The molecule has 0 aromatic heterocycles. The summed E-state index contributed by atoms with van der Waals surface area (Å²) in [6, 6.07) is 9.92. The molecule has 0 atom stereocenters. The Labute approximate surface area is 120 Å². The van der Waals surface area contributed by atoms with Crippen LogP contribution in [-0.2, 0) is 4.79 Å². The highest BCUT2D eigenvalue weighted by atomic mass is 19.1. The van der Waals surface area contributed by atoms with E-state index in [2.05, 4.69) is 5.32 Å². The molecule has 0 aliphatic carbocycles. The normalized spacial score (nSPS) is 10.6. The number of nitrogens with one attached hydrogen (secondary N) is 1. The predicted octanol–water partition coefficient (Wildman–Crippen LogP) is 3.63. The third-order valence-electron chi connectivity index (χ3n) is 2.67. The van der Waals surface area contributed by atoms with Crippen molar-refractivity contribution in [3.05, 3.63) is 65.7 Å². The molecule has 5 heteroatoms. The summed E-state index contributed by atoms with van der Waals surface area (Å²) >= 11 is 0. The fourth-order valence-corrected chi connectivity index (χ4v) is 1.70. The molecule has 108 valence electrons. The first-order valence-corrected chi connectivity index (χ1v) is 6.16. The summed E-state index contributed by atoms with van der Waals surface area (Å²) in [5.74, 6) is -1.25. The van der Waals surface area contributed by atoms with Crippen LogP contribution < -0.4 is 10.1 Å². The average molecular weight is 289 g/mol. The average Bonchev–Trinajstić information content (AvgIpc) is 2.44. The number of halogens is 2. The fourth-order valence-electron chi connectivity index (χ4n) is 1.70. The molecule has 0 unspecified atom stereocenters. The van der Waals surface area contributed by atoms with Gasteiger partial charge in [-0.1, -0.05) is 12.1 Å². The maximum atomic E-state index is 13.0. The lowest BCUT2D eigenvalue weighted by atomic mass is 10.2. The number of hydrogen-bond donors (Lipinski definition) is 1. The van der Waals surface area contributed by atoms with Crippen LogP contribution in [0.25, 0.3) is 6.08 Å². The second-order valence-corrected chi connectivity index (χ2v) is 4.25. The monoisotopic (exact) mass is 289 g/mol. The summed E-state index contributed by atoms with van der Waals surface area (Å²) in [6.45, 7) is 0. The first kappa shape index (κ1) is 14.7. The Morgan fingerprint density at radius 1 is 1.10 bits per heavy atom. The molecule has 3 nitrogen and oxygen atoms in total. The van der Waals surface area contributed by atoms with Crippen LogP contribution in [0.1, 0.15) is 5.56 Å². The quantitative estimate of drug-likeness (QED) is 0.873. The number of ether oxygens (including phenoxy) is 1. The Hall–Kier alpha value is -2.69. The van der Waals surface area contributed by atoms with Crippen molar-refractivity contribution in [2.75, 3.05) is 12.4 Å². The van der Waals surface area contributed by atoms with Crippen molar-refractivity contribution in [1.82, 2.24) is 0 Å². The van der Waals surface area contributed by atoms with Gasteiger partial charge in [-0.3, -0.25) is 4.79 Å².